The largest absolute Gasteiger partial charge is 0.439 e. The summed E-state index contributed by atoms with van der Waals surface area (Å²) in [6.45, 7) is 3.55. The zero-order valence-electron chi connectivity index (χ0n) is 12.8. The van der Waals surface area contributed by atoms with Gasteiger partial charge in [-0.1, -0.05) is 23.3 Å². The molecule has 0 aliphatic carbocycles. The lowest BCUT2D eigenvalue weighted by Gasteiger charge is -2.19. The molecule has 2 rings (SSSR count). The molecule has 1 aromatic rings. The topological polar surface area (TPSA) is 96.9 Å². The van der Waals surface area contributed by atoms with Gasteiger partial charge in [-0.2, -0.15) is 0 Å². The molecule has 0 saturated carbocycles. The first kappa shape index (κ1) is 18.0. The predicted octanol–water partition coefficient (Wildman–Crippen LogP) is 0.867. The molecule has 2 amide bonds. The van der Waals surface area contributed by atoms with E-state index < -0.39 is 28.1 Å². The average Bonchev–Trinajstić information content (AvgIpc) is 3.05. The molecule has 0 radical (unpaired) electrons. The predicted molar refractivity (Wildman–Crippen MR) is 88.2 cm³/mol. The number of aromatic nitrogens is 1. The summed E-state index contributed by atoms with van der Waals surface area (Å²) < 4.78 is 28.4. The lowest BCUT2D eigenvalue weighted by molar-refractivity contribution is -0.147. The van der Waals surface area contributed by atoms with Gasteiger partial charge in [-0.15, -0.1) is 13.0 Å². The van der Waals surface area contributed by atoms with Crippen molar-refractivity contribution in [2.24, 2.45) is 0 Å². The van der Waals surface area contributed by atoms with Gasteiger partial charge >= 0.3 is 12.0 Å². The van der Waals surface area contributed by atoms with Crippen LogP contribution in [0.3, 0.4) is 0 Å². The Kier molecular flexibility index (Phi) is 5.26. The van der Waals surface area contributed by atoms with Crippen molar-refractivity contribution in [3.63, 3.8) is 0 Å². The Hall–Kier alpha value is -2.38. The normalized spacial score (nSPS) is 17.7. The molecular weight excluding hydrogens is 354 g/mol. The van der Waals surface area contributed by atoms with Gasteiger partial charge < -0.3 is 9.64 Å². The van der Waals surface area contributed by atoms with Gasteiger partial charge in [0.05, 0.1) is 25.7 Å². The Labute approximate surface area is 143 Å². The highest BCUT2D eigenvalue weighted by molar-refractivity contribution is 7.92. The summed E-state index contributed by atoms with van der Waals surface area (Å²) in [6, 6.07) is -0.501. The van der Waals surface area contributed by atoms with Crippen molar-refractivity contribution in [2.45, 2.75) is 16.9 Å². The maximum Gasteiger partial charge on any atom is 0.330 e. The molecule has 8 nitrogen and oxygen atoms in total. The third-order valence-corrected chi connectivity index (χ3v) is 5.83. The number of carbonyl (C=O) groups is 2. The van der Waals surface area contributed by atoms with Crippen molar-refractivity contribution < 1.29 is 22.7 Å². The minimum Gasteiger partial charge on any atom is -0.439 e. The van der Waals surface area contributed by atoms with Crippen LogP contribution in [0, 0.1) is 12.3 Å². The van der Waals surface area contributed by atoms with Crippen LogP contribution in [-0.2, 0) is 19.4 Å². The standard InChI is InChI=1S/C14H15N3O5S2/c1-4-6-11(18)22-10-9-16(7-5-2)14(19)17(10)13-15-8-12(23-13)24(3,20)21/h2,4,8,10H,1,6-7,9H2,3H3. The second kappa shape index (κ2) is 7.02. The van der Waals surface area contributed by atoms with Crippen LogP contribution in [0.1, 0.15) is 6.42 Å². The summed E-state index contributed by atoms with van der Waals surface area (Å²) in [5, 5.41) is 0.122. The number of terminal acetylenes is 1. The van der Waals surface area contributed by atoms with E-state index in [4.69, 9.17) is 11.2 Å². The van der Waals surface area contributed by atoms with Crippen LogP contribution in [0.4, 0.5) is 9.93 Å². The van der Waals surface area contributed by atoms with E-state index in [1.54, 1.807) is 0 Å². The third-order valence-electron chi connectivity index (χ3n) is 3.05. The number of anilines is 1. The molecule has 1 aliphatic heterocycles. The van der Waals surface area contributed by atoms with Crippen molar-refractivity contribution in [1.82, 2.24) is 9.88 Å². The number of sulfone groups is 1. The number of ether oxygens (including phenoxy) is 1. The zero-order chi connectivity index (χ0) is 17.9. The molecule has 0 aromatic carbocycles. The second-order valence-electron chi connectivity index (χ2n) is 4.91. The molecule has 24 heavy (non-hydrogen) atoms. The van der Waals surface area contributed by atoms with Gasteiger partial charge in [0.1, 0.15) is 4.21 Å². The van der Waals surface area contributed by atoms with Gasteiger partial charge in [0.15, 0.2) is 15.0 Å². The Balaban J connectivity index is 2.32. The first-order valence-electron chi connectivity index (χ1n) is 6.75. The number of thiazole rings is 1. The highest BCUT2D eigenvalue weighted by atomic mass is 32.2. The molecule has 128 valence electrons. The number of hydrogen-bond acceptors (Lipinski definition) is 7. The van der Waals surface area contributed by atoms with Crippen molar-refractivity contribution in [1.29, 1.82) is 0 Å². The van der Waals surface area contributed by atoms with Crippen molar-refractivity contribution >= 4 is 38.3 Å². The SMILES string of the molecule is C#CCN1CC(OC(=O)CC=C)N(c2ncc(S(C)(=O)=O)s2)C1=O. The van der Waals surface area contributed by atoms with Crippen LogP contribution < -0.4 is 4.90 Å². The first-order valence-corrected chi connectivity index (χ1v) is 9.46. The summed E-state index contributed by atoms with van der Waals surface area (Å²) in [7, 11) is -3.45. The van der Waals surface area contributed by atoms with Gasteiger partial charge in [0.2, 0.25) is 6.23 Å². The Morgan fingerprint density at radius 2 is 2.38 bits per heavy atom. The smallest absolute Gasteiger partial charge is 0.330 e. The van der Waals surface area contributed by atoms with E-state index in [2.05, 4.69) is 17.5 Å². The summed E-state index contributed by atoms with van der Waals surface area (Å²) in [5.41, 5.74) is 0. The summed E-state index contributed by atoms with van der Waals surface area (Å²) in [4.78, 5) is 30.6. The minimum atomic E-state index is -3.45. The fraction of sp³-hybridized carbons (Fsp3) is 0.357. The minimum absolute atomic E-state index is 0.0110. The fourth-order valence-electron chi connectivity index (χ4n) is 2.01. The molecule has 1 atom stereocenters. The van der Waals surface area contributed by atoms with Crippen molar-refractivity contribution in [3.05, 3.63) is 18.9 Å². The molecule has 1 aromatic heterocycles. The van der Waals surface area contributed by atoms with Crippen LogP contribution in [0.2, 0.25) is 0 Å². The highest BCUT2D eigenvalue weighted by Gasteiger charge is 2.42. The summed E-state index contributed by atoms with van der Waals surface area (Å²) in [5.74, 6) is 1.79. The number of carbonyl (C=O) groups excluding carboxylic acids is 2. The van der Waals surface area contributed by atoms with E-state index in [1.807, 2.05) is 0 Å². The quantitative estimate of drug-likeness (QED) is 0.419. The van der Waals surface area contributed by atoms with Gasteiger partial charge in [-0.25, -0.2) is 23.1 Å². The van der Waals surface area contributed by atoms with Crippen LogP contribution in [0.25, 0.3) is 0 Å². The number of hydrogen-bond donors (Lipinski definition) is 0. The molecular formula is C14H15N3O5S2. The van der Waals surface area contributed by atoms with Crippen LogP contribution in [-0.4, -0.2) is 55.9 Å². The van der Waals surface area contributed by atoms with E-state index in [9.17, 15) is 18.0 Å². The monoisotopic (exact) mass is 369 g/mol. The molecule has 1 fully saturated rings. The number of nitrogens with zero attached hydrogens (tertiary/aromatic N) is 3. The third kappa shape index (κ3) is 3.74. The fourth-order valence-corrected chi connectivity index (χ4v) is 3.77. The van der Waals surface area contributed by atoms with E-state index in [1.165, 1.54) is 11.0 Å². The second-order valence-corrected chi connectivity index (χ2v) is 8.16. The zero-order valence-corrected chi connectivity index (χ0v) is 14.5. The highest BCUT2D eigenvalue weighted by Crippen LogP contribution is 2.31. The van der Waals surface area contributed by atoms with E-state index in [0.29, 0.717) is 0 Å². The molecule has 2 heterocycles. The average molecular weight is 369 g/mol. The maximum atomic E-state index is 12.5. The first-order chi connectivity index (χ1) is 11.3. The molecule has 0 bridgehead atoms. The van der Waals surface area contributed by atoms with E-state index in [0.717, 1.165) is 28.7 Å². The molecule has 0 spiro atoms. The van der Waals surface area contributed by atoms with Gasteiger partial charge in [-0.05, 0) is 0 Å². The van der Waals surface area contributed by atoms with E-state index in [-0.39, 0.29) is 28.9 Å². The maximum absolute atomic E-state index is 12.5. The van der Waals surface area contributed by atoms with Gasteiger partial charge in [0, 0.05) is 6.26 Å². The van der Waals surface area contributed by atoms with Gasteiger partial charge in [-0.3, -0.25) is 4.79 Å². The summed E-state index contributed by atoms with van der Waals surface area (Å²) >= 11 is 0.821. The molecule has 1 saturated heterocycles. The Morgan fingerprint density at radius 3 is 2.92 bits per heavy atom. The van der Waals surface area contributed by atoms with Gasteiger partial charge in [0.25, 0.3) is 0 Å². The van der Waals surface area contributed by atoms with Crippen LogP contribution in [0.15, 0.2) is 23.1 Å². The molecule has 0 N–H and O–H groups in total. The number of urea groups is 1. The van der Waals surface area contributed by atoms with Crippen molar-refractivity contribution in [2.75, 3.05) is 24.2 Å². The van der Waals surface area contributed by atoms with E-state index >= 15 is 0 Å². The summed E-state index contributed by atoms with van der Waals surface area (Å²) in [6.07, 6.45) is 7.88. The molecule has 1 unspecified atom stereocenters. The lowest BCUT2D eigenvalue weighted by Crippen LogP contribution is -2.37. The number of amides is 2. The molecule has 1 aliphatic rings. The number of esters is 1. The Bertz CT molecular complexity index is 809. The van der Waals surface area contributed by atoms with Crippen LogP contribution >= 0.6 is 11.3 Å². The van der Waals surface area contributed by atoms with Crippen LogP contribution in [0.5, 0.6) is 0 Å². The number of rotatable bonds is 6. The Morgan fingerprint density at radius 1 is 1.67 bits per heavy atom. The van der Waals surface area contributed by atoms with Crippen molar-refractivity contribution in [3.8, 4) is 12.3 Å². The molecule has 10 heteroatoms. The lowest BCUT2D eigenvalue weighted by atomic mass is 10.4.